The van der Waals surface area contributed by atoms with Crippen molar-refractivity contribution in [3.63, 3.8) is 0 Å². The molecular weight excluding hydrogens is 398 g/mol. The molecule has 0 aliphatic carbocycles. The second-order valence-corrected chi connectivity index (χ2v) is 9.96. The Labute approximate surface area is 170 Å². The van der Waals surface area contributed by atoms with E-state index in [4.69, 9.17) is 11.6 Å². The van der Waals surface area contributed by atoms with Crippen LogP contribution in [0.15, 0.2) is 48.8 Å². The lowest BCUT2D eigenvalue weighted by atomic mass is 10.0. The van der Waals surface area contributed by atoms with Crippen LogP contribution in [-0.4, -0.2) is 53.4 Å². The van der Waals surface area contributed by atoms with Gasteiger partial charge in [0, 0.05) is 43.6 Å². The van der Waals surface area contributed by atoms with Crippen molar-refractivity contribution in [2.75, 3.05) is 19.6 Å². The summed E-state index contributed by atoms with van der Waals surface area (Å²) in [4.78, 5) is 18.4. The number of likely N-dealkylation sites (tertiary alicyclic amines) is 1. The number of aromatic nitrogens is 1. The first-order chi connectivity index (χ1) is 13.4. The third-order valence-electron chi connectivity index (χ3n) is 5.63. The summed E-state index contributed by atoms with van der Waals surface area (Å²) in [5, 5.41) is 0.211. The Morgan fingerprint density at radius 1 is 1.14 bits per heavy atom. The Bertz CT molecular complexity index is 950. The van der Waals surface area contributed by atoms with Crippen molar-refractivity contribution in [1.82, 2.24) is 14.2 Å². The highest BCUT2D eigenvalue weighted by atomic mass is 35.5. The number of pyridine rings is 1. The van der Waals surface area contributed by atoms with E-state index in [0.717, 1.165) is 5.56 Å². The number of fused-ring (bicyclic) bond motifs is 1. The largest absolute Gasteiger partial charge is 0.339 e. The molecule has 0 bridgehead atoms. The summed E-state index contributed by atoms with van der Waals surface area (Å²) in [6, 6.07) is 10.8. The SMILES string of the molecule is O=C(c1cccnc1)N1CC[C@@H]2CN(Cc3ccc(Cl)cc3)S(=O)(=O)[C@@H]2CC1. The molecule has 28 heavy (non-hydrogen) atoms. The Kier molecular flexibility index (Phi) is 5.40. The van der Waals surface area contributed by atoms with E-state index in [-0.39, 0.29) is 11.8 Å². The van der Waals surface area contributed by atoms with Gasteiger partial charge in [0.2, 0.25) is 10.0 Å². The van der Waals surface area contributed by atoms with E-state index < -0.39 is 15.3 Å². The lowest BCUT2D eigenvalue weighted by Gasteiger charge is -2.22. The molecule has 1 aromatic carbocycles. The molecule has 0 N–H and O–H groups in total. The third kappa shape index (κ3) is 3.79. The molecule has 8 heteroatoms. The van der Waals surface area contributed by atoms with Crippen LogP contribution in [0.3, 0.4) is 0 Å². The maximum absolute atomic E-state index is 13.1. The molecule has 0 saturated carbocycles. The van der Waals surface area contributed by atoms with Crippen LogP contribution in [0.1, 0.15) is 28.8 Å². The minimum absolute atomic E-state index is 0.0454. The standard InChI is InChI=1S/C20H22ClN3O3S/c21-18-5-3-15(4-6-18)13-24-14-17-7-10-23(11-8-19(17)28(24,26)27)20(25)16-2-1-9-22-12-16/h1-6,9,12,17,19H,7-8,10-11,13-14H2/t17-,19-/m1/s1. The Balaban J connectivity index is 1.46. The molecule has 2 saturated heterocycles. The quantitative estimate of drug-likeness (QED) is 0.767. The fourth-order valence-corrected chi connectivity index (χ4v) is 6.47. The topological polar surface area (TPSA) is 70.6 Å². The van der Waals surface area contributed by atoms with Gasteiger partial charge >= 0.3 is 0 Å². The zero-order chi connectivity index (χ0) is 19.7. The fraction of sp³-hybridized carbons (Fsp3) is 0.400. The van der Waals surface area contributed by atoms with Crippen molar-refractivity contribution in [3.8, 4) is 0 Å². The van der Waals surface area contributed by atoms with Crippen LogP contribution in [0.4, 0.5) is 0 Å². The Morgan fingerprint density at radius 3 is 2.61 bits per heavy atom. The number of nitrogens with zero attached hydrogens (tertiary/aromatic N) is 3. The Morgan fingerprint density at radius 2 is 1.89 bits per heavy atom. The average Bonchev–Trinajstić information content (AvgIpc) is 2.84. The van der Waals surface area contributed by atoms with Gasteiger partial charge < -0.3 is 4.90 Å². The van der Waals surface area contributed by atoms with Crippen LogP contribution in [-0.2, 0) is 16.6 Å². The van der Waals surface area contributed by atoms with E-state index in [2.05, 4.69) is 4.98 Å². The average molecular weight is 420 g/mol. The maximum Gasteiger partial charge on any atom is 0.255 e. The molecule has 2 fully saturated rings. The molecule has 0 radical (unpaired) electrons. The summed E-state index contributed by atoms with van der Waals surface area (Å²) in [6.07, 6.45) is 4.34. The predicted octanol–water partition coefficient (Wildman–Crippen LogP) is 2.80. The zero-order valence-electron chi connectivity index (χ0n) is 15.4. The summed E-state index contributed by atoms with van der Waals surface area (Å²) >= 11 is 5.92. The number of rotatable bonds is 3. The summed E-state index contributed by atoms with van der Waals surface area (Å²) in [5.74, 6) is -0.0347. The molecule has 6 nitrogen and oxygen atoms in total. The number of benzene rings is 1. The van der Waals surface area contributed by atoms with E-state index in [1.165, 1.54) is 0 Å². The highest BCUT2D eigenvalue weighted by molar-refractivity contribution is 7.90. The van der Waals surface area contributed by atoms with E-state index in [0.29, 0.717) is 49.6 Å². The van der Waals surface area contributed by atoms with Crippen molar-refractivity contribution in [3.05, 3.63) is 64.9 Å². The summed E-state index contributed by atoms with van der Waals surface area (Å²) < 4.78 is 27.8. The molecule has 0 unspecified atom stereocenters. The minimum Gasteiger partial charge on any atom is -0.339 e. The first-order valence-corrected chi connectivity index (χ1v) is 11.3. The van der Waals surface area contributed by atoms with Gasteiger partial charge in [-0.1, -0.05) is 23.7 Å². The zero-order valence-corrected chi connectivity index (χ0v) is 16.9. The first-order valence-electron chi connectivity index (χ1n) is 9.38. The molecule has 2 aliphatic rings. The second-order valence-electron chi connectivity index (χ2n) is 7.37. The van der Waals surface area contributed by atoms with Crippen molar-refractivity contribution in [1.29, 1.82) is 0 Å². The second kappa shape index (κ2) is 7.81. The molecule has 148 valence electrons. The number of carbonyl (C=O) groups excluding carboxylic acids is 1. The number of amides is 1. The van der Waals surface area contributed by atoms with E-state index in [1.807, 2.05) is 12.1 Å². The molecule has 2 atom stereocenters. The summed E-state index contributed by atoms with van der Waals surface area (Å²) in [6.45, 7) is 1.89. The van der Waals surface area contributed by atoms with Crippen molar-refractivity contribution in [2.45, 2.75) is 24.6 Å². The number of hydrogen-bond donors (Lipinski definition) is 0. The van der Waals surface area contributed by atoms with Crippen molar-refractivity contribution >= 4 is 27.5 Å². The van der Waals surface area contributed by atoms with Crippen LogP contribution in [0, 0.1) is 5.92 Å². The van der Waals surface area contributed by atoms with Gasteiger partial charge in [-0.25, -0.2) is 8.42 Å². The number of sulfonamides is 1. The lowest BCUT2D eigenvalue weighted by molar-refractivity contribution is 0.0758. The van der Waals surface area contributed by atoms with Crippen LogP contribution in [0.25, 0.3) is 0 Å². The highest BCUT2D eigenvalue weighted by Gasteiger charge is 2.47. The molecule has 1 aromatic heterocycles. The predicted molar refractivity (Wildman–Crippen MR) is 107 cm³/mol. The van der Waals surface area contributed by atoms with Crippen molar-refractivity contribution in [2.24, 2.45) is 5.92 Å². The highest BCUT2D eigenvalue weighted by Crippen LogP contribution is 2.35. The van der Waals surface area contributed by atoms with Crippen LogP contribution < -0.4 is 0 Å². The summed E-state index contributed by atoms with van der Waals surface area (Å²) in [7, 11) is -3.38. The van der Waals surface area contributed by atoms with Gasteiger partial charge in [-0.15, -0.1) is 0 Å². The third-order valence-corrected chi connectivity index (χ3v) is 8.26. The van der Waals surface area contributed by atoms with Gasteiger partial charge in [-0.2, -0.15) is 4.31 Å². The maximum atomic E-state index is 13.1. The molecule has 1 amide bonds. The smallest absolute Gasteiger partial charge is 0.255 e. The van der Waals surface area contributed by atoms with Gasteiger partial charge in [0.15, 0.2) is 0 Å². The van der Waals surface area contributed by atoms with E-state index >= 15 is 0 Å². The monoisotopic (exact) mass is 419 g/mol. The van der Waals surface area contributed by atoms with Crippen LogP contribution in [0.5, 0.6) is 0 Å². The molecule has 3 heterocycles. The van der Waals surface area contributed by atoms with Gasteiger partial charge in [0.1, 0.15) is 0 Å². The first kappa shape index (κ1) is 19.4. The van der Waals surface area contributed by atoms with Gasteiger partial charge in [-0.05, 0) is 48.6 Å². The minimum atomic E-state index is -3.38. The van der Waals surface area contributed by atoms with Crippen molar-refractivity contribution < 1.29 is 13.2 Å². The van der Waals surface area contributed by atoms with Gasteiger partial charge in [-0.3, -0.25) is 9.78 Å². The Hall–Kier alpha value is -1.96. The van der Waals surface area contributed by atoms with Crippen LogP contribution >= 0.6 is 11.6 Å². The van der Waals surface area contributed by atoms with E-state index in [1.54, 1.807) is 45.9 Å². The van der Waals surface area contributed by atoms with Gasteiger partial charge in [0.05, 0.1) is 10.8 Å². The molecule has 4 rings (SSSR count). The molecule has 2 aliphatic heterocycles. The number of hydrogen-bond acceptors (Lipinski definition) is 4. The number of halogens is 1. The number of carbonyl (C=O) groups is 1. The molecule has 2 aromatic rings. The lowest BCUT2D eigenvalue weighted by Crippen LogP contribution is -2.34. The molecular formula is C20H22ClN3O3S. The fourth-order valence-electron chi connectivity index (χ4n) is 4.12. The van der Waals surface area contributed by atoms with E-state index in [9.17, 15) is 13.2 Å². The molecule has 0 spiro atoms. The summed E-state index contributed by atoms with van der Waals surface area (Å²) in [5.41, 5.74) is 1.47. The van der Waals surface area contributed by atoms with Gasteiger partial charge in [0.25, 0.3) is 5.91 Å². The van der Waals surface area contributed by atoms with Crippen LogP contribution in [0.2, 0.25) is 5.02 Å². The normalized spacial score (nSPS) is 24.5.